The Morgan fingerprint density at radius 2 is 1.88 bits per heavy atom. The Labute approximate surface area is 157 Å². The third-order valence-electron chi connectivity index (χ3n) is 4.90. The average molecular weight is 409 g/mol. The molecule has 0 aliphatic rings. The number of nitrogens with zero attached hydrogens (tertiary/aromatic N) is 1. The molecular formula is C21H24AsN3O. The van der Waals surface area contributed by atoms with E-state index in [1.807, 2.05) is 18.3 Å². The summed E-state index contributed by atoms with van der Waals surface area (Å²) in [5.41, 5.74) is 8.10. The molecule has 2 aromatic carbocycles. The number of anilines is 1. The number of aromatic hydroxyl groups is 1. The Morgan fingerprint density at radius 3 is 2.69 bits per heavy atom. The Kier molecular flexibility index (Phi) is 4.54. The predicted octanol–water partition coefficient (Wildman–Crippen LogP) is 5.44. The summed E-state index contributed by atoms with van der Waals surface area (Å²) in [5, 5.41) is 19.3. The number of H-pyrrole nitrogens is 1. The van der Waals surface area contributed by atoms with Crippen molar-refractivity contribution in [2.45, 2.75) is 30.0 Å². The van der Waals surface area contributed by atoms with Crippen LogP contribution in [0.2, 0.25) is 16.6 Å². The van der Waals surface area contributed by atoms with E-state index in [4.69, 9.17) is 0 Å². The van der Waals surface area contributed by atoms with Crippen LogP contribution in [0, 0.1) is 6.92 Å². The molecule has 26 heavy (non-hydrogen) atoms. The van der Waals surface area contributed by atoms with Gasteiger partial charge < -0.3 is 0 Å². The van der Waals surface area contributed by atoms with Crippen LogP contribution in [0.3, 0.4) is 0 Å². The van der Waals surface area contributed by atoms with E-state index in [0.717, 1.165) is 50.5 Å². The van der Waals surface area contributed by atoms with Crippen LogP contribution in [0.15, 0.2) is 36.5 Å². The van der Waals surface area contributed by atoms with Crippen LogP contribution in [0.5, 0.6) is 5.75 Å². The van der Waals surface area contributed by atoms with Gasteiger partial charge in [0.05, 0.1) is 0 Å². The molecule has 0 aliphatic heterocycles. The van der Waals surface area contributed by atoms with Crippen LogP contribution in [0.4, 0.5) is 5.82 Å². The summed E-state index contributed by atoms with van der Waals surface area (Å²) in [7, 11) is 0. The van der Waals surface area contributed by atoms with Gasteiger partial charge in [-0.1, -0.05) is 0 Å². The molecule has 0 radical (unpaired) electrons. The summed E-state index contributed by atoms with van der Waals surface area (Å²) < 4.78 is 0. The average Bonchev–Trinajstić information content (AvgIpc) is 3.02. The van der Waals surface area contributed by atoms with Gasteiger partial charge in [0.15, 0.2) is 0 Å². The Hall–Kier alpha value is -2.19. The van der Waals surface area contributed by atoms with Crippen LogP contribution in [0.25, 0.3) is 32.6 Å². The molecule has 4 rings (SSSR count). The van der Waals surface area contributed by atoms with Crippen molar-refractivity contribution in [1.82, 2.24) is 9.97 Å². The van der Waals surface area contributed by atoms with Gasteiger partial charge in [-0.25, -0.2) is 0 Å². The van der Waals surface area contributed by atoms with Gasteiger partial charge in [0, 0.05) is 0 Å². The number of hydrogen-bond donors (Lipinski definition) is 3. The summed E-state index contributed by atoms with van der Waals surface area (Å²) in [4.78, 5) is 8.26. The van der Waals surface area contributed by atoms with Gasteiger partial charge in [-0.15, -0.1) is 0 Å². The second-order valence-electron chi connectivity index (χ2n) is 7.11. The molecule has 0 saturated carbocycles. The number of fused-ring (bicyclic) bond motifs is 5. The van der Waals surface area contributed by atoms with E-state index >= 15 is 0 Å². The van der Waals surface area contributed by atoms with Crippen molar-refractivity contribution >= 4 is 53.0 Å². The Morgan fingerprint density at radius 1 is 1.08 bits per heavy atom. The van der Waals surface area contributed by atoms with Crippen molar-refractivity contribution in [3.8, 4) is 5.75 Å². The number of aromatic nitrogens is 2. The fourth-order valence-electron chi connectivity index (χ4n) is 3.57. The van der Waals surface area contributed by atoms with Crippen LogP contribution >= 0.6 is 0 Å². The molecule has 0 atom stereocenters. The molecule has 0 amide bonds. The molecule has 5 heteroatoms. The summed E-state index contributed by atoms with van der Waals surface area (Å²) in [6.07, 6.45) is 3.13. The molecule has 2 aromatic heterocycles. The second kappa shape index (κ2) is 6.85. The molecule has 0 aliphatic carbocycles. The first-order chi connectivity index (χ1) is 12.6. The molecule has 2 heterocycles. The number of hydrogen-bond acceptors (Lipinski definition) is 3. The minimum absolute atomic E-state index is 0.314. The van der Waals surface area contributed by atoms with E-state index in [9.17, 15) is 5.11 Å². The first-order valence-corrected chi connectivity index (χ1v) is 14.0. The van der Waals surface area contributed by atoms with E-state index in [2.05, 4.69) is 45.8 Å². The molecule has 134 valence electrons. The predicted molar refractivity (Wildman–Crippen MR) is 113 cm³/mol. The zero-order chi connectivity index (χ0) is 18.3. The van der Waals surface area contributed by atoms with Crippen LogP contribution in [-0.2, 0) is 0 Å². The molecule has 0 unspecified atom stereocenters. The van der Waals surface area contributed by atoms with Crippen molar-refractivity contribution < 1.29 is 5.11 Å². The van der Waals surface area contributed by atoms with Gasteiger partial charge >= 0.3 is 158 Å². The molecule has 0 saturated heterocycles. The molecule has 0 fully saturated rings. The number of phenols is 1. The van der Waals surface area contributed by atoms with Crippen molar-refractivity contribution in [2.24, 2.45) is 0 Å². The molecule has 0 bridgehead atoms. The number of benzene rings is 2. The van der Waals surface area contributed by atoms with Gasteiger partial charge in [-0.3, -0.25) is 0 Å². The van der Waals surface area contributed by atoms with E-state index in [-0.39, 0.29) is 0 Å². The zero-order valence-electron chi connectivity index (χ0n) is 15.4. The maximum absolute atomic E-state index is 10.2. The van der Waals surface area contributed by atoms with Crippen LogP contribution in [-0.4, -0.2) is 36.3 Å². The van der Waals surface area contributed by atoms with Crippen LogP contribution in [0.1, 0.15) is 12.0 Å². The van der Waals surface area contributed by atoms with E-state index < -0.39 is 14.7 Å². The summed E-state index contributed by atoms with van der Waals surface area (Å²) in [6, 6.07) is 9.76. The molecule has 4 aromatic rings. The quantitative estimate of drug-likeness (QED) is 0.304. The molecule has 0 spiro atoms. The number of rotatable bonds is 5. The van der Waals surface area contributed by atoms with Crippen molar-refractivity contribution in [1.29, 1.82) is 0 Å². The first-order valence-electron chi connectivity index (χ1n) is 8.96. The van der Waals surface area contributed by atoms with E-state index in [0.29, 0.717) is 5.75 Å². The Balaban J connectivity index is 1.86. The third-order valence-corrected chi connectivity index (χ3v) is 7.44. The first kappa shape index (κ1) is 17.2. The van der Waals surface area contributed by atoms with Crippen molar-refractivity contribution in [3.05, 3.63) is 42.1 Å². The summed E-state index contributed by atoms with van der Waals surface area (Å²) in [6.45, 7) is 3.04. The third kappa shape index (κ3) is 2.93. The van der Waals surface area contributed by atoms with Gasteiger partial charge in [-0.05, 0) is 0 Å². The second-order valence-corrected chi connectivity index (χ2v) is 12.6. The number of aryl methyl sites for hydroxylation is 1. The number of aromatic amines is 1. The van der Waals surface area contributed by atoms with Gasteiger partial charge in [0.25, 0.3) is 0 Å². The van der Waals surface area contributed by atoms with Crippen molar-refractivity contribution in [2.75, 3.05) is 11.9 Å². The van der Waals surface area contributed by atoms with Gasteiger partial charge in [0.2, 0.25) is 0 Å². The van der Waals surface area contributed by atoms with Gasteiger partial charge in [-0.2, -0.15) is 0 Å². The number of phenolic OH excluding ortho intramolecular Hbond substituents is 1. The van der Waals surface area contributed by atoms with Crippen LogP contribution < -0.4 is 5.32 Å². The topological polar surface area (TPSA) is 60.9 Å². The molecule has 4 nitrogen and oxygen atoms in total. The number of pyridine rings is 1. The SMILES string of the molecule is Cc1cnc(NCCC[As](C)C)c2c1[nH]c1c3cccc(O)c3ccc12. The fourth-order valence-corrected chi connectivity index (χ4v) is 5.23. The molecule has 3 N–H and O–H groups in total. The zero-order valence-corrected chi connectivity index (χ0v) is 17.3. The number of nitrogens with one attached hydrogen (secondary N) is 2. The summed E-state index contributed by atoms with van der Waals surface area (Å²) in [5.74, 6) is 1.26. The fraction of sp³-hybridized carbons (Fsp3) is 0.286. The Bertz CT molecular complexity index is 1100. The maximum atomic E-state index is 10.2. The molecular weight excluding hydrogens is 385 g/mol. The van der Waals surface area contributed by atoms with Gasteiger partial charge in [0.1, 0.15) is 0 Å². The standard InChI is InChI=1S/C21H24AsN3O/c1-13-12-24-21(23-11-5-10-22(2)3)18-16-9-8-14-15(6-4-7-17(14)26)20(16)25-19(13)18/h4,6-9,12,25-26H,5,10-11H2,1-3H3,(H,23,24). The van der Waals surface area contributed by atoms with Crippen molar-refractivity contribution in [3.63, 3.8) is 0 Å². The minimum atomic E-state index is -0.566. The summed E-state index contributed by atoms with van der Waals surface area (Å²) >= 11 is -0.566. The monoisotopic (exact) mass is 409 g/mol. The van der Waals surface area contributed by atoms with E-state index in [1.54, 1.807) is 6.07 Å². The normalized spacial score (nSPS) is 11.8. The van der Waals surface area contributed by atoms with E-state index in [1.165, 1.54) is 11.6 Å².